The Balaban J connectivity index is 1.63. The highest BCUT2D eigenvalue weighted by atomic mass is 35.5. The molecule has 1 aromatic heterocycles. The predicted molar refractivity (Wildman–Crippen MR) is 113 cm³/mol. The minimum atomic E-state index is -0.654. The van der Waals surface area contributed by atoms with Gasteiger partial charge in [-0.15, -0.1) is 5.06 Å². The van der Waals surface area contributed by atoms with E-state index in [0.717, 1.165) is 11.1 Å². The first kappa shape index (κ1) is 22.6. The first-order chi connectivity index (χ1) is 14.3. The summed E-state index contributed by atoms with van der Waals surface area (Å²) in [7, 11) is 0. The second-order valence-corrected chi connectivity index (χ2v) is 8.00. The minimum Gasteiger partial charge on any atom is -0.394 e. The van der Waals surface area contributed by atoms with E-state index in [1.165, 1.54) is 5.06 Å². The number of carbonyl (C=O) groups excluding carboxylic acids is 1. The van der Waals surface area contributed by atoms with Crippen molar-refractivity contribution < 1.29 is 19.1 Å². The van der Waals surface area contributed by atoms with Gasteiger partial charge >= 0.3 is 6.09 Å². The number of hydrogen-bond donors (Lipinski definition) is 3. The van der Waals surface area contributed by atoms with Crippen LogP contribution in [0.15, 0.2) is 24.4 Å². The maximum Gasteiger partial charge on any atom is 0.426 e. The summed E-state index contributed by atoms with van der Waals surface area (Å²) in [6.07, 6.45) is 1.44. The number of benzene rings is 1. The monoisotopic (exact) mass is 456 g/mol. The second kappa shape index (κ2) is 9.78. The van der Waals surface area contributed by atoms with Gasteiger partial charge in [0.25, 0.3) is 0 Å². The lowest BCUT2D eigenvalue weighted by atomic mass is 10.0. The summed E-state index contributed by atoms with van der Waals surface area (Å²) < 4.78 is 14.9. The molecule has 7 nitrogen and oxygen atoms in total. The van der Waals surface area contributed by atoms with E-state index < -0.39 is 11.9 Å². The van der Waals surface area contributed by atoms with Gasteiger partial charge in [0.15, 0.2) is 11.6 Å². The lowest BCUT2D eigenvalue weighted by molar-refractivity contribution is -0.112. The molecular formula is C20H23Cl2FN4O3. The van der Waals surface area contributed by atoms with Crippen LogP contribution < -0.4 is 10.6 Å². The van der Waals surface area contributed by atoms with Crippen molar-refractivity contribution in [3.63, 3.8) is 0 Å². The highest BCUT2D eigenvalue weighted by Crippen LogP contribution is 2.27. The molecule has 3 rings (SSSR count). The number of nitrogens with one attached hydrogen (secondary N) is 2. The van der Waals surface area contributed by atoms with E-state index in [-0.39, 0.29) is 31.1 Å². The normalized spacial score (nSPS) is 15.8. The Hall–Kier alpha value is -2.13. The molecular weight excluding hydrogens is 434 g/mol. The van der Waals surface area contributed by atoms with E-state index in [4.69, 9.17) is 33.1 Å². The molecule has 10 heteroatoms. The van der Waals surface area contributed by atoms with Gasteiger partial charge in [-0.05, 0) is 43.5 Å². The van der Waals surface area contributed by atoms with Crippen LogP contribution in [0.2, 0.25) is 10.0 Å². The molecule has 0 unspecified atom stereocenters. The average Bonchev–Trinajstić information content (AvgIpc) is 2.72. The SMILES string of the molecule is C[C@@H](CO)Nc1ncc2c(c1F)CN(OC(=O)N[C@H](C)c1ccc(Cl)c(Cl)c1)CC2. The van der Waals surface area contributed by atoms with Gasteiger partial charge in [0, 0.05) is 24.3 Å². The van der Waals surface area contributed by atoms with Crippen LogP contribution in [0, 0.1) is 5.82 Å². The number of aromatic nitrogens is 1. The first-order valence-corrected chi connectivity index (χ1v) is 10.3. The number of pyridine rings is 1. The first-order valence-electron chi connectivity index (χ1n) is 9.50. The van der Waals surface area contributed by atoms with E-state index in [1.54, 1.807) is 38.2 Å². The molecule has 1 amide bonds. The number of aliphatic hydroxyl groups is 1. The lowest BCUT2D eigenvalue weighted by Crippen LogP contribution is -2.38. The van der Waals surface area contributed by atoms with Crippen molar-refractivity contribution in [1.82, 2.24) is 15.4 Å². The zero-order valence-electron chi connectivity index (χ0n) is 16.6. The van der Waals surface area contributed by atoms with Crippen LogP contribution in [-0.2, 0) is 17.8 Å². The smallest absolute Gasteiger partial charge is 0.394 e. The standard InChI is InChI=1S/C20H23Cl2FN4O3/c1-11(10-28)25-19-18(23)15-9-27(6-5-14(15)8-24-19)30-20(29)26-12(2)13-3-4-16(21)17(22)7-13/h3-4,7-8,11-12,28H,5-6,9-10H2,1-2H3,(H,24,25)(H,26,29)/t11-,12+/m0/s1. The van der Waals surface area contributed by atoms with E-state index >= 15 is 0 Å². The van der Waals surface area contributed by atoms with Crippen LogP contribution in [0.5, 0.6) is 0 Å². The zero-order valence-corrected chi connectivity index (χ0v) is 18.1. The van der Waals surface area contributed by atoms with Crippen LogP contribution in [0.1, 0.15) is 36.6 Å². The Morgan fingerprint density at radius 2 is 2.13 bits per heavy atom. The highest BCUT2D eigenvalue weighted by Gasteiger charge is 2.25. The summed E-state index contributed by atoms with van der Waals surface area (Å²) in [4.78, 5) is 21.8. The van der Waals surface area contributed by atoms with Gasteiger partial charge in [0.05, 0.1) is 29.2 Å². The molecule has 2 heterocycles. The maximum atomic E-state index is 14.9. The third kappa shape index (κ3) is 5.31. The molecule has 0 spiro atoms. The Labute approximate surface area is 184 Å². The van der Waals surface area contributed by atoms with Crippen molar-refractivity contribution in [2.75, 3.05) is 18.5 Å². The summed E-state index contributed by atoms with van der Waals surface area (Å²) in [5, 5.41) is 16.9. The van der Waals surface area contributed by atoms with Crippen molar-refractivity contribution in [1.29, 1.82) is 0 Å². The van der Waals surface area contributed by atoms with Crippen molar-refractivity contribution >= 4 is 35.1 Å². The number of amides is 1. The molecule has 0 radical (unpaired) electrons. The largest absolute Gasteiger partial charge is 0.426 e. The van der Waals surface area contributed by atoms with Gasteiger partial charge in [-0.25, -0.2) is 14.2 Å². The Morgan fingerprint density at radius 3 is 2.83 bits per heavy atom. The molecule has 0 saturated carbocycles. The third-order valence-corrected chi connectivity index (χ3v) is 5.56. The van der Waals surface area contributed by atoms with Gasteiger partial charge in [0.2, 0.25) is 0 Å². The van der Waals surface area contributed by atoms with E-state index in [1.807, 2.05) is 0 Å². The van der Waals surface area contributed by atoms with Crippen LogP contribution in [0.3, 0.4) is 0 Å². The van der Waals surface area contributed by atoms with E-state index in [0.29, 0.717) is 28.6 Å². The van der Waals surface area contributed by atoms with Crippen molar-refractivity contribution in [3.05, 3.63) is 56.9 Å². The molecule has 1 aliphatic rings. The van der Waals surface area contributed by atoms with Crippen molar-refractivity contribution in [2.45, 2.75) is 38.9 Å². The molecule has 0 saturated heterocycles. The number of carbonyl (C=O) groups is 1. The maximum absolute atomic E-state index is 14.9. The summed E-state index contributed by atoms with van der Waals surface area (Å²) >= 11 is 11.9. The van der Waals surface area contributed by atoms with E-state index in [2.05, 4.69) is 15.6 Å². The number of rotatable bonds is 6. The topological polar surface area (TPSA) is 86.7 Å². The quantitative estimate of drug-likeness (QED) is 0.606. The lowest BCUT2D eigenvalue weighted by Gasteiger charge is -2.28. The van der Waals surface area contributed by atoms with Gasteiger partial charge in [0.1, 0.15) is 0 Å². The predicted octanol–water partition coefficient (Wildman–Crippen LogP) is 4.08. The van der Waals surface area contributed by atoms with Gasteiger partial charge in [-0.1, -0.05) is 29.3 Å². The van der Waals surface area contributed by atoms with Crippen molar-refractivity contribution in [3.8, 4) is 0 Å². The number of hydrogen-bond acceptors (Lipinski definition) is 6. The summed E-state index contributed by atoms with van der Waals surface area (Å²) in [5.41, 5.74) is 1.95. The van der Waals surface area contributed by atoms with Crippen LogP contribution in [-0.4, -0.2) is 40.4 Å². The number of nitrogens with zero attached hydrogens (tertiary/aromatic N) is 2. The molecule has 2 atom stereocenters. The van der Waals surface area contributed by atoms with Crippen LogP contribution in [0.4, 0.5) is 15.0 Å². The van der Waals surface area contributed by atoms with Gasteiger partial charge < -0.3 is 20.6 Å². The average molecular weight is 457 g/mol. The highest BCUT2D eigenvalue weighted by molar-refractivity contribution is 6.42. The molecule has 2 aromatic rings. The zero-order chi connectivity index (χ0) is 21.8. The fourth-order valence-corrected chi connectivity index (χ4v) is 3.40. The number of fused-ring (bicyclic) bond motifs is 1. The minimum absolute atomic E-state index is 0.0647. The van der Waals surface area contributed by atoms with E-state index in [9.17, 15) is 9.18 Å². The number of anilines is 1. The number of halogens is 3. The van der Waals surface area contributed by atoms with Crippen LogP contribution in [0.25, 0.3) is 0 Å². The molecule has 0 fully saturated rings. The Kier molecular flexibility index (Phi) is 7.36. The molecule has 3 N–H and O–H groups in total. The third-order valence-electron chi connectivity index (χ3n) is 4.82. The molecule has 0 aliphatic carbocycles. The van der Waals surface area contributed by atoms with Gasteiger partial charge in [-0.3, -0.25) is 0 Å². The molecule has 30 heavy (non-hydrogen) atoms. The summed E-state index contributed by atoms with van der Waals surface area (Å²) in [6, 6.07) is 4.40. The summed E-state index contributed by atoms with van der Waals surface area (Å²) in [6.45, 7) is 3.88. The van der Waals surface area contributed by atoms with Crippen LogP contribution >= 0.6 is 23.2 Å². The van der Waals surface area contributed by atoms with Gasteiger partial charge in [-0.2, -0.15) is 0 Å². The molecule has 1 aromatic carbocycles. The number of hydroxylamine groups is 2. The molecule has 162 valence electrons. The molecule has 0 bridgehead atoms. The fraction of sp³-hybridized carbons (Fsp3) is 0.400. The Morgan fingerprint density at radius 1 is 1.37 bits per heavy atom. The number of aliphatic hydroxyl groups excluding tert-OH is 1. The Bertz CT molecular complexity index is 931. The molecule has 1 aliphatic heterocycles. The second-order valence-electron chi connectivity index (χ2n) is 7.18. The summed E-state index contributed by atoms with van der Waals surface area (Å²) in [5.74, 6) is -0.444. The van der Waals surface area contributed by atoms with Crippen molar-refractivity contribution in [2.24, 2.45) is 0 Å². The fourth-order valence-electron chi connectivity index (χ4n) is 3.09.